The van der Waals surface area contributed by atoms with Crippen molar-refractivity contribution in [3.8, 4) is 0 Å². The zero-order chi connectivity index (χ0) is 8.97. The maximum Gasteiger partial charge on any atom is 0.0774 e. The topological polar surface area (TPSA) is 23.5 Å². The summed E-state index contributed by atoms with van der Waals surface area (Å²) in [5, 5.41) is 8.84. The number of rotatable bonds is 4. The average molecular weight is 185 g/mol. The van der Waals surface area contributed by atoms with E-state index in [9.17, 15) is 0 Å². The second-order valence-corrected chi connectivity index (χ2v) is 4.11. The fraction of sp³-hybridized carbons (Fsp3) is 0.556. The Balaban J connectivity index is 2.52. The van der Waals surface area contributed by atoms with Gasteiger partial charge in [-0.05, 0) is 25.7 Å². The summed E-state index contributed by atoms with van der Waals surface area (Å²) in [6, 6.07) is 4.08. The number of hydrogen-bond donors (Lipinski definition) is 1. The van der Waals surface area contributed by atoms with Crippen LogP contribution >= 0.6 is 11.3 Å². The summed E-state index contributed by atoms with van der Waals surface area (Å²) in [6.45, 7) is 4.36. The Labute approximate surface area is 77.5 Å². The maximum absolute atomic E-state index is 8.84. The molecular weight excluding hydrogens is 170 g/mol. The molecule has 0 saturated carbocycles. The van der Waals surface area contributed by atoms with Crippen LogP contribution in [0, 0.1) is 0 Å². The molecule has 0 aliphatic carbocycles. The number of aliphatic hydroxyl groups excluding tert-OH is 1. The minimum atomic E-state index is 0.167. The van der Waals surface area contributed by atoms with Crippen LogP contribution in [0.5, 0.6) is 0 Å². The van der Waals surface area contributed by atoms with Crippen molar-refractivity contribution in [3.05, 3.63) is 21.9 Å². The van der Waals surface area contributed by atoms with E-state index in [-0.39, 0.29) is 6.61 Å². The fourth-order valence-corrected chi connectivity index (χ4v) is 1.93. The van der Waals surface area contributed by atoms with Crippen LogP contribution in [0.3, 0.4) is 0 Å². The molecule has 1 aromatic rings. The van der Waals surface area contributed by atoms with E-state index in [1.54, 1.807) is 11.3 Å². The van der Waals surface area contributed by atoms with Gasteiger partial charge in [-0.2, -0.15) is 0 Å². The number of hydrogen-bond acceptors (Lipinski definition) is 3. The van der Waals surface area contributed by atoms with Crippen LogP contribution in [-0.4, -0.2) is 23.6 Å². The third-order valence-electron chi connectivity index (χ3n) is 1.84. The molecule has 0 saturated heterocycles. The van der Waals surface area contributed by atoms with Crippen molar-refractivity contribution in [1.82, 2.24) is 4.90 Å². The van der Waals surface area contributed by atoms with Crippen LogP contribution in [-0.2, 0) is 13.2 Å². The monoisotopic (exact) mass is 185 g/mol. The molecular formula is C9H15NOS. The summed E-state index contributed by atoms with van der Waals surface area (Å²) in [4.78, 5) is 4.62. The Kier molecular flexibility index (Phi) is 3.72. The van der Waals surface area contributed by atoms with Gasteiger partial charge in [0.05, 0.1) is 6.61 Å². The van der Waals surface area contributed by atoms with Gasteiger partial charge in [-0.3, -0.25) is 0 Å². The van der Waals surface area contributed by atoms with Crippen molar-refractivity contribution in [2.24, 2.45) is 0 Å². The van der Waals surface area contributed by atoms with Gasteiger partial charge >= 0.3 is 0 Å². The zero-order valence-corrected chi connectivity index (χ0v) is 8.40. The Bertz CT molecular complexity index is 234. The third-order valence-corrected chi connectivity index (χ3v) is 2.89. The van der Waals surface area contributed by atoms with Crippen LogP contribution in [0.4, 0.5) is 0 Å². The molecule has 0 aromatic carbocycles. The molecule has 68 valence electrons. The highest BCUT2D eigenvalue weighted by atomic mass is 32.1. The Hall–Kier alpha value is -0.380. The van der Waals surface area contributed by atoms with Gasteiger partial charge in [0.1, 0.15) is 0 Å². The lowest BCUT2D eigenvalue weighted by atomic mass is 10.4. The van der Waals surface area contributed by atoms with Crippen molar-refractivity contribution < 1.29 is 5.11 Å². The molecule has 0 atom stereocenters. The fourth-order valence-electron chi connectivity index (χ4n) is 0.970. The first-order chi connectivity index (χ1) is 5.76. The molecule has 0 fully saturated rings. The van der Waals surface area contributed by atoms with Crippen LogP contribution in [0.15, 0.2) is 12.1 Å². The van der Waals surface area contributed by atoms with E-state index in [1.165, 1.54) is 4.88 Å². The van der Waals surface area contributed by atoms with Crippen LogP contribution in [0.25, 0.3) is 0 Å². The van der Waals surface area contributed by atoms with Gasteiger partial charge in [0.2, 0.25) is 0 Å². The van der Waals surface area contributed by atoms with Crippen molar-refractivity contribution in [2.75, 3.05) is 13.6 Å². The third kappa shape index (κ3) is 2.59. The molecule has 0 aliphatic rings. The quantitative estimate of drug-likeness (QED) is 0.771. The normalized spacial score (nSPS) is 11.0. The standard InChI is InChI=1S/C9H15NOS/c1-3-10(2)6-8-4-5-9(7-11)12-8/h4-5,11H,3,6-7H2,1-2H3. The first kappa shape index (κ1) is 9.71. The molecule has 12 heavy (non-hydrogen) atoms. The van der Waals surface area contributed by atoms with Crippen LogP contribution in [0.2, 0.25) is 0 Å². The molecule has 0 aliphatic heterocycles. The Morgan fingerprint density at radius 3 is 2.58 bits per heavy atom. The van der Waals surface area contributed by atoms with E-state index in [0.29, 0.717) is 0 Å². The molecule has 1 aromatic heterocycles. The molecule has 3 heteroatoms. The van der Waals surface area contributed by atoms with Gasteiger partial charge in [0, 0.05) is 16.3 Å². The molecule has 0 spiro atoms. The summed E-state index contributed by atoms with van der Waals surface area (Å²) in [7, 11) is 2.10. The second kappa shape index (κ2) is 4.60. The number of thiophene rings is 1. The SMILES string of the molecule is CCN(C)Cc1ccc(CO)s1. The largest absolute Gasteiger partial charge is 0.391 e. The summed E-state index contributed by atoms with van der Waals surface area (Å²) < 4.78 is 0. The zero-order valence-electron chi connectivity index (χ0n) is 7.58. The van der Waals surface area contributed by atoms with Gasteiger partial charge in [-0.15, -0.1) is 11.3 Å². The van der Waals surface area contributed by atoms with E-state index < -0.39 is 0 Å². The van der Waals surface area contributed by atoms with Crippen molar-refractivity contribution in [3.63, 3.8) is 0 Å². The molecule has 0 bridgehead atoms. The minimum Gasteiger partial charge on any atom is -0.391 e. The highest BCUT2D eigenvalue weighted by Crippen LogP contribution is 2.17. The van der Waals surface area contributed by atoms with Gasteiger partial charge in [0.25, 0.3) is 0 Å². The van der Waals surface area contributed by atoms with Crippen molar-refractivity contribution in [2.45, 2.75) is 20.1 Å². The molecule has 1 heterocycles. The predicted octanol–water partition coefficient (Wildman–Crippen LogP) is 1.69. The van der Waals surface area contributed by atoms with Gasteiger partial charge in [-0.25, -0.2) is 0 Å². The Morgan fingerprint density at radius 1 is 1.42 bits per heavy atom. The van der Waals surface area contributed by atoms with E-state index >= 15 is 0 Å². The van der Waals surface area contributed by atoms with E-state index in [0.717, 1.165) is 18.0 Å². The molecule has 0 radical (unpaired) electrons. The number of aliphatic hydroxyl groups is 1. The predicted molar refractivity (Wildman–Crippen MR) is 52.2 cm³/mol. The van der Waals surface area contributed by atoms with Gasteiger partial charge in [-0.1, -0.05) is 6.92 Å². The smallest absolute Gasteiger partial charge is 0.0774 e. The van der Waals surface area contributed by atoms with Crippen molar-refractivity contribution >= 4 is 11.3 Å². The van der Waals surface area contributed by atoms with E-state index in [1.807, 2.05) is 6.07 Å². The highest BCUT2D eigenvalue weighted by molar-refractivity contribution is 7.11. The summed E-state index contributed by atoms with van der Waals surface area (Å²) >= 11 is 1.68. The lowest BCUT2D eigenvalue weighted by Crippen LogP contribution is -2.15. The minimum absolute atomic E-state index is 0.167. The Morgan fingerprint density at radius 2 is 2.08 bits per heavy atom. The van der Waals surface area contributed by atoms with Crippen LogP contribution < -0.4 is 0 Å². The average Bonchev–Trinajstić information content (AvgIpc) is 2.52. The first-order valence-corrected chi connectivity index (χ1v) is 4.95. The molecule has 0 amide bonds. The summed E-state index contributed by atoms with van der Waals surface area (Å²) in [6.07, 6.45) is 0. The molecule has 1 rings (SSSR count). The molecule has 2 nitrogen and oxygen atoms in total. The molecule has 1 N–H and O–H groups in total. The van der Waals surface area contributed by atoms with E-state index in [4.69, 9.17) is 5.11 Å². The first-order valence-electron chi connectivity index (χ1n) is 4.13. The van der Waals surface area contributed by atoms with Crippen molar-refractivity contribution in [1.29, 1.82) is 0 Å². The highest BCUT2D eigenvalue weighted by Gasteiger charge is 2.01. The van der Waals surface area contributed by atoms with E-state index in [2.05, 4.69) is 24.9 Å². The van der Waals surface area contributed by atoms with Gasteiger partial charge in [0.15, 0.2) is 0 Å². The summed E-state index contributed by atoms with van der Waals surface area (Å²) in [5.41, 5.74) is 0. The lowest BCUT2D eigenvalue weighted by molar-refractivity contribution is 0.285. The number of nitrogens with zero attached hydrogens (tertiary/aromatic N) is 1. The van der Waals surface area contributed by atoms with Crippen LogP contribution in [0.1, 0.15) is 16.7 Å². The second-order valence-electron chi connectivity index (χ2n) is 2.86. The van der Waals surface area contributed by atoms with Gasteiger partial charge < -0.3 is 10.0 Å². The maximum atomic E-state index is 8.84. The lowest BCUT2D eigenvalue weighted by Gasteiger charge is -2.11. The molecule has 0 unspecified atom stereocenters. The summed E-state index contributed by atoms with van der Waals surface area (Å²) in [5.74, 6) is 0.